The van der Waals surface area contributed by atoms with Crippen molar-refractivity contribution in [2.75, 3.05) is 11.9 Å². The summed E-state index contributed by atoms with van der Waals surface area (Å²) in [5.74, 6) is -0.431. The van der Waals surface area contributed by atoms with Crippen LogP contribution in [0.2, 0.25) is 5.15 Å². The lowest BCUT2D eigenvalue weighted by Gasteiger charge is -2.36. The monoisotopic (exact) mass is 256 g/mol. The van der Waals surface area contributed by atoms with E-state index in [1.54, 1.807) is 0 Å². The van der Waals surface area contributed by atoms with E-state index in [-0.39, 0.29) is 16.3 Å². The van der Waals surface area contributed by atoms with Gasteiger partial charge in [-0.25, -0.2) is 9.78 Å². The van der Waals surface area contributed by atoms with Crippen molar-refractivity contribution < 1.29 is 9.90 Å². The van der Waals surface area contributed by atoms with Crippen LogP contribution in [-0.2, 0) is 0 Å². The Hall–Kier alpha value is -1.29. The number of halogens is 1. The van der Waals surface area contributed by atoms with Crippen LogP contribution in [0, 0.1) is 0 Å². The van der Waals surface area contributed by atoms with Crippen molar-refractivity contribution in [2.24, 2.45) is 0 Å². The first-order valence-corrected chi connectivity index (χ1v) is 5.80. The molecule has 4 nitrogen and oxygen atoms in total. The number of carboxylic acid groups (broad SMARTS) is 1. The molecule has 17 heavy (non-hydrogen) atoms. The van der Waals surface area contributed by atoms with Crippen LogP contribution in [0.4, 0.5) is 5.82 Å². The van der Waals surface area contributed by atoms with Gasteiger partial charge in [0, 0.05) is 12.6 Å². The van der Waals surface area contributed by atoms with E-state index < -0.39 is 5.97 Å². The Morgan fingerprint density at radius 3 is 2.59 bits per heavy atom. The normalized spacial score (nSPS) is 11.4. The molecule has 1 heterocycles. The Morgan fingerprint density at radius 2 is 2.12 bits per heavy atom. The summed E-state index contributed by atoms with van der Waals surface area (Å²) in [6, 6.07) is 2.88. The van der Waals surface area contributed by atoms with E-state index >= 15 is 0 Å². The summed E-state index contributed by atoms with van der Waals surface area (Å²) in [7, 11) is 1.88. The number of nitrogens with zero attached hydrogens (tertiary/aromatic N) is 2. The summed E-state index contributed by atoms with van der Waals surface area (Å²) in [6.07, 6.45) is 0.917. The Labute approximate surface area is 106 Å². The van der Waals surface area contributed by atoms with Crippen molar-refractivity contribution in [3.63, 3.8) is 0 Å². The fraction of sp³-hybridized carbons (Fsp3) is 0.500. The largest absolute Gasteiger partial charge is 0.478 e. The molecule has 1 aromatic heterocycles. The number of anilines is 1. The van der Waals surface area contributed by atoms with E-state index in [1.807, 2.05) is 11.9 Å². The lowest BCUT2D eigenvalue weighted by molar-refractivity contribution is 0.0696. The van der Waals surface area contributed by atoms with Crippen molar-refractivity contribution in [1.82, 2.24) is 4.98 Å². The number of rotatable bonds is 4. The van der Waals surface area contributed by atoms with Crippen LogP contribution in [0.3, 0.4) is 0 Å². The average Bonchev–Trinajstić information content (AvgIpc) is 2.27. The second kappa shape index (κ2) is 4.92. The Kier molecular flexibility index (Phi) is 3.98. The predicted octanol–water partition coefficient (Wildman–Crippen LogP) is 3.06. The van der Waals surface area contributed by atoms with Gasteiger partial charge in [-0.05, 0) is 32.4 Å². The number of pyridine rings is 1. The molecule has 0 saturated carbocycles. The van der Waals surface area contributed by atoms with Crippen LogP contribution in [0.5, 0.6) is 0 Å². The molecule has 0 atom stereocenters. The predicted molar refractivity (Wildman–Crippen MR) is 69.0 cm³/mol. The molecule has 0 amide bonds. The molecular weight excluding hydrogens is 240 g/mol. The fourth-order valence-corrected chi connectivity index (χ4v) is 1.53. The van der Waals surface area contributed by atoms with Crippen molar-refractivity contribution >= 4 is 23.4 Å². The maximum atomic E-state index is 10.9. The molecule has 1 rings (SSSR count). The number of carbonyl (C=O) groups is 1. The maximum Gasteiger partial charge on any atom is 0.335 e. The molecule has 0 aliphatic heterocycles. The van der Waals surface area contributed by atoms with Crippen LogP contribution >= 0.6 is 11.6 Å². The molecule has 0 unspecified atom stereocenters. The Balaban J connectivity index is 3.18. The minimum absolute atomic E-state index is 0.104. The first kappa shape index (κ1) is 13.8. The van der Waals surface area contributed by atoms with Gasteiger partial charge in [0.1, 0.15) is 11.0 Å². The number of hydrogen-bond donors (Lipinski definition) is 1. The molecule has 0 aromatic carbocycles. The van der Waals surface area contributed by atoms with E-state index in [0.29, 0.717) is 5.82 Å². The summed E-state index contributed by atoms with van der Waals surface area (Å²) >= 11 is 5.83. The van der Waals surface area contributed by atoms with Gasteiger partial charge in [-0.3, -0.25) is 0 Å². The van der Waals surface area contributed by atoms with Gasteiger partial charge in [-0.1, -0.05) is 18.5 Å². The quantitative estimate of drug-likeness (QED) is 0.842. The third kappa shape index (κ3) is 3.09. The van der Waals surface area contributed by atoms with Crippen molar-refractivity contribution in [2.45, 2.75) is 32.7 Å². The summed E-state index contributed by atoms with van der Waals surface area (Å²) in [5.41, 5.74) is 0.0479. The first-order chi connectivity index (χ1) is 7.77. The minimum Gasteiger partial charge on any atom is -0.478 e. The molecule has 0 spiro atoms. The van der Waals surface area contributed by atoms with E-state index in [1.165, 1.54) is 12.1 Å². The zero-order valence-electron chi connectivity index (χ0n) is 10.5. The molecule has 0 bridgehead atoms. The summed E-state index contributed by atoms with van der Waals surface area (Å²) in [5, 5.41) is 9.16. The minimum atomic E-state index is -1.00. The topological polar surface area (TPSA) is 53.4 Å². The summed E-state index contributed by atoms with van der Waals surface area (Å²) in [6.45, 7) is 6.20. The average molecular weight is 257 g/mol. The van der Waals surface area contributed by atoms with Gasteiger partial charge in [0.05, 0.1) is 5.56 Å². The molecule has 1 N–H and O–H groups in total. The van der Waals surface area contributed by atoms with Gasteiger partial charge in [0.25, 0.3) is 0 Å². The van der Waals surface area contributed by atoms with E-state index in [4.69, 9.17) is 16.7 Å². The lowest BCUT2D eigenvalue weighted by Crippen LogP contribution is -2.41. The third-order valence-electron chi connectivity index (χ3n) is 3.14. The van der Waals surface area contributed by atoms with Gasteiger partial charge < -0.3 is 10.0 Å². The zero-order chi connectivity index (χ0) is 13.2. The lowest BCUT2D eigenvalue weighted by atomic mass is 10.00. The van der Waals surface area contributed by atoms with E-state index in [9.17, 15) is 4.79 Å². The fourth-order valence-electron chi connectivity index (χ4n) is 1.33. The molecule has 1 aromatic rings. The van der Waals surface area contributed by atoms with Crippen molar-refractivity contribution in [1.29, 1.82) is 0 Å². The van der Waals surface area contributed by atoms with Crippen LogP contribution < -0.4 is 4.90 Å². The standard InChI is InChI=1S/C12H17ClN2O2/c1-5-12(2,3)15(4)10-7-8(11(16)17)6-9(13)14-10/h6-7H,5H2,1-4H3,(H,16,17). The summed E-state index contributed by atoms with van der Waals surface area (Å²) < 4.78 is 0. The van der Waals surface area contributed by atoms with Gasteiger partial charge in [0.2, 0.25) is 0 Å². The maximum absolute atomic E-state index is 10.9. The Morgan fingerprint density at radius 1 is 1.53 bits per heavy atom. The Bertz CT molecular complexity index is 433. The molecular formula is C12H17ClN2O2. The first-order valence-electron chi connectivity index (χ1n) is 5.42. The smallest absolute Gasteiger partial charge is 0.335 e. The number of aromatic carboxylic acids is 1. The molecule has 94 valence electrons. The van der Waals surface area contributed by atoms with Crippen molar-refractivity contribution in [3.05, 3.63) is 22.8 Å². The summed E-state index contributed by atoms with van der Waals surface area (Å²) in [4.78, 5) is 17.0. The highest BCUT2D eigenvalue weighted by molar-refractivity contribution is 6.29. The SMILES string of the molecule is CCC(C)(C)N(C)c1cc(C(=O)O)cc(Cl)n1. The highest BCUT2D eigenvalue weighted by atomic mass is 35.5. The number of carboxylic acids is 1. The molecule has 0 saturated heterocycles. The molecule has 0 aliphatic carbocycles. The van der Waals surface area contributed by atoms with Gasteiger partial charge in [-0.15, -0.1) is 0 Å². The van der Waals surface area contributed by atoms with Gasteiger partial charge >= 0.3 is 5.97 Å². The second-order valence-corrected chi connectivity index (χ2v) is 4.95. The highest BCUT2D eigenvalue weighted by Gasteiger charge is 2.23. The number of aromatic nitrogens is 1. The van der Waals surface area contributed by atoms with Crippen LogP contribution in [0.25, 0.3) is 0 Å². The van der Waals surface area contributed by atoms with Gasteiger partial charge in [-0.2, -0.15) is 0 Å². The van der Waals surface area contributed by atoms with Crippen LogP contribution in [0.1, 0.15) is 37.6 Å². The molecule has 0 fully saturated rings. The van der Waals surface area contributed by atoms with Gasteiger partial charge in [0.15, 0.2) is 0 Å². The number of hydrogen-bond acceptors (Lipinski definition) is 3. The van der Waals surface area contributed by atoms with Crippen molar-refractivity contribution in [3.8, 4) is 0 Å². The van der Waals surface area contributed by atoms with E-state index in [0.717, 1.165) is 6.42 Å². The third-order valence-corrected chi connectivity index (χ3v) is 3.34. The molecule has 5 heteroatoms. The molecule has 0 radical (unpaired) electrons. The second-order valence-electron chi connectivity index (χ2n) is 4.57. The zero-order valence-corrected chi connectivity index (χ0v) is 11.2. The molecule has 0 aliphatic rings. The van der Waals surface area contributed by atoms with Crippen LogP contribution in [-0.4, -0.2) is 28.6 Å². The highest BCUT2D eigenvalue weighted by Crippen LogP contribution is 2.25. The van der Waals surface area contributed by atoms with E-state index in [2.05, 4.69) is 25.8 Å². The van der Waals surface area contributed by atoms with Crippen LogP contribution in [0.15, 0.2) is 12.1 Å².